The van der Waals surface area contributed by atoms with Gasteiger partial charge in [-0.15, -0.1) is 11.3 Å². The van der Waals surface area contributed by atoms with E-state index in [9.17, 15) is 22.4 Å². The zero-order valence-corrected chi connectivity index (χ0v) is 19.2. The van der Waals surface area contributed by atoms with Crippen LogP contribution in [0, 0.1) is 5.82 Å². The van der Waals surface area contributed by atoms with Crippen LogP contribution in [-0.4, -0.2) is 32.7 Å². The highest BCUT2D eigenvalue weighted by atomic mass is 32.2. The largest absolute Gasteiger partial charge is 0.462 e. The van der Waals surface area contributed by atoms with Crippen molar-refractivity contribution >= 4 is 44.1 Å². The molecule has 2 aromatic heterocycles. The molecule has 0 spiro atoms. The maximum Gasteiger partial charge on any atom is 0.341 e. The van der Waals surface area contributed by atoms with Crippen LogP contribution in [0.1, 0.15) is 33.5 Å². The summed E-state index contributed by atoms with van der Waals surface area (Å²) in [5.74, 6) is -1.12. The molecule has 3 heterocycles. The lowest BCUT2D eigenvalue weighted by atomic mass is 10.1. The third-order valence-electron chi connectivity index (χ3n) is 4.99. The fraction of sp³-hybridized carbons (Fsp3) is 0.217. The van der Waals surface area contributed by atoms with Crippen molar-refractivity contribution in [3.8, 4) is 11.3 Å². The molecule has 1 aromatic carbocycles. The van der Waals surface area contributed by atoms with Crippen LogP contribution >= 0.6 is 11.3 Å². The van der Waals surface area contributed by atoms with Crippen LogP contribution in [0.2, 0.25) is 0 Å². The number of rotatable bonds is 6. The summed E-state index contributed by atoms with van der Waals surface area (Å²) in [5.41, 5.74) is 1.11. The van der Waals surface area contributed by atoms with Crippen LogP contribution < -0.4 is 5.32 Å². The summed E-state index contributed by atoms with van der Waals surface area (Å²) in [5, 5.41) is 2.89. The molecule has 0 bridgehead atoms. The quantitative estimate of drug-likeness (QED) is 0.406. The zero-order valence-electron chi connectivity index (χ0n) is 17.6. The molecule has 7 nitrogen and oxygen atoms in total. The Morgan fingerprint density at radius 3 is 2.79 bits per heavy atom. The predicted octanol–water partition coefficient (Wildman–Crippen LogP) is 4.45. The fourth-order valence-electron chi connectivity index (χ4n) is 3.49. The lowest BCUT2D eigenvalue weighted by molar-refractivity contribution is -0.111. The van der Waals surface area contributed by atoms with E-state index in [2.05, 4.69) is 5.32 Å². The number of ether oxygens (including phenoxy) is 1. The zero-order chi connectivity index (χ0) is 23.6. The maximum atomic E-state index is 13.9. The molecule has 0 saturated carbocycles. The van der Waals surface area contributed by atoms with Crippen molar-refractivity contribution in [2.75, 3.05) is 17.7 Å². The normalized spacial score (nSPS) is 14.7. The number of halogens is 1. The second-order valence-electron chi connectivity index (χ2n) is 7.27. The number of furan rings is 1. The lowest BCUT2D eigenvalue weighted by Crippen LogP contribution is -2.20. The van der Waals surface area contributed by atoms with Gasteiger partial charge in [0.2, 0.25) is 5.91 Å². The molecule has 0 aliphatic carbocycles. The fourth-order valence-corrected chi connectivity index (χ4v) is 6.53. The van der Waals surface area contributed by atoms with E-state index >= 15 is 0 Å². The summed E-state index contributed by atoms with van der Waals surface area (Å²) in [6.45, 7) is 1.82. The number of carbonyl (C=O) groups excluding carboxylic acids is 2. The van der Waals surface area contributed by atoms with E-state index in [4.69, 9.17) is 9.15 Å². The van der Waals surface area contributed by atoms with Gasteiger partial charge in [-0.05, 0) is 49.2 Å². The number of amides is 1. The second kappa shape index (κ2) is 9.32. The number of fused-ring (bicyclic) bond motifs is 1. The van der Waals surface area contributed by atoms with Crippen LogP contribution in [0.25, 0.3) is 17.4 Å². The molecule has 0 fully saturated rings. The average Bonchev–Trinajstić information content (AvgIpc) is 3.36. The van der Waals surface area contributed by atoms with E-state index in [1.807, 2.05) is 0 Å². The Kier molecular flexibility index (Phi) is 6.48. The second-order valence-corrected chi connectivity index (χ2v) is 10.6. The number of carbonyl (C=O) groups is 2. The Bertz CT molecular complexity index is 1350. The molecule has 0 radical (unpaired) electrons. The number of nitrogens with one attached hydrogen (secondary N) is 1. The van der Waals surface area contributed by atoms with Crippen molar-refractivity contribution in [3.05, 3.63) is 70.1 Å². The maximum absolute atomic E-state index is 13.9. The first-order chi connectivity index (χ1) is 15.8. The van der Waals surface area contributed by atoms with E-state index in [1.165, 1.54) is 18.2 Å². The molecule has 33 heavy (non-hydrogen) atoms. The van der Waals surface area contributed by atoms with Gasteiger partial charge in [-0.3, -0.25) is 4.79 Å². The van der Waals surface area contributed by atoms with Crippen LogP contribution in [0.3, 0.4) is 0 Å². The van der Waals surface area contributed by atoms with Gasteiger partial charge in [0, 0.05) is 11.0 Å². The highest BCUT2D eigenvalue weighted by Gasteiger charge is 2.31. The third-order valence-corrected chi connectivity index (χ3v) is 7.87. The molecule has 4 rings (SSSR count). The molecule has 10 heteroatoms. The van der Waals surface area contributed by atoms with Gasteiger partial charge in [-0.1, -0.05) is 12.1 Å². The molecule has 1 N–H and O–H groups in total. The molecule has 3 aromatic rings. The molecule has 1 aliphatic rings. The smallest absolute Gasteiger partial charge is 0.341 e. The number of hydrogen-bond donors (Lipinski definition) is 1. The van der Waals surface area contributed by atoms with Crippen molar-refractivity contribution in [1.82, 2.24) is 0 Å². The summed E-state index contributed by atoms with van der Waals surface area (Å²) < 4.78 is 48.6. The summed E-state index contributed by atoms with van der Waals surface area (Å²) >= 11 is 1.06. The lowest BCUT2D eigenvalue weighted by Gasteiger charge is -2.13. The molecular formula is C23H20FNO6S2. The van der Waals surface area contributed by atoms with Crippen LogP contribution in [-0.2, 0) is 31.5 Å². The third kappa shape index (κ3) is 5.07. The van der Waals surface area contributed by atoms with Crippen molar-refractivity contribution < 1.29 is 31.6 Å². The van der Waals surface area contributed by atoms with Gasteiger partial charge < -0.3 is 14.5 Å². The van der Waals surface area contributed by atoms with Crippen molar-refractivity contribution in [3.63, 3.8) is 0 Å². The molecule has 0 unspecified atom stereocenters. The molecular weight excluding hydrogens is 469 g/mol. The van der Waals surface area contributed by atoms with Gasteiger partial charge >= 0.3 is 5.97 Å². The molecule has 0 saturated heterocycles. The van der Waals surface area contributed by atoms with Gasteiger partial charge in [-0.2, -0.15) is 0 Å². The molecule has 1 aliphatic heterocycles. The Morgan fingerprint density at radius 2 is 2.03 bits per heavy atom. The minimum Gasteiger partial charge on any atom is -0.462 e. The topological polar surface area (TPSA) is 103 Å². The van der Waals surface area contributed by atoms with Crippen LogP contribution in [0.15, 0.2) is 46.9 Å². The van der Waals surface area contributed by atoms with Crippen LogP contribution in [0.5, 0.6) is 0 Å². The number of esters is 1. The number of anilines is 1. The summed E-state index contributed by atoms with van der Waals surface area (Å²) in [4.78, 5) is 25.6. The Balaban J connectivity index is 1.54. The monoisotopic (exact) mass is 489 g/mol. The molecule has 0 atom stereocenters. The van der Waals surface area contributed by atoms with Crippen LogP contribution in [0.4, 0.5) is 9.39 Å². The first kappa shape index (κ1) is 22.9. The van der Waals surface area contributed by atoms with Crippen molar-refractivity contribution in [1.29, 1.82) is 0 Å². The van der Waals surface area contributed by atoms with Crippen molar-refractivity contribution in [2.45, 2.75) is 19.1 Å². The Hall–Kier alpha value is -3.24. The minimum absolute atomic E-state index is 0.0563. The Labute approximate surface area is 193 Å². The van der Waals surface area contributed by atoms with Gasteiger partial charge in [0.05, 0.1) is 29.2 Å². The van der Waals surface area contributed by atoms with Gasteiger partial charge in [0.25, 0.3) is 0 Å². The number of thiophene rings is 1. The number of sulfone groups is 1. The average molecular weight is 490 g/mol. The molecule has 1 amide bonds. The van der Waals surface area contributed by atoms with E-state index in [-0.39, 0.29) is 35.1 Å². The van der Waals surface area contributed by atoms with E-state index in [0.717, 1.165) is 11.3 Å². The van der Waals surface area contributed by atoms with E-state index in [0.29, 0.717) is 27.5 Å². The van der Waals surface area contributed by atoms with Gasteiger partial charge in [-0.25, -0.2) is 17.6 Å². The predicted molar refractivity (Wildman–Crippen MR) is 123 cm³/mol. The van der Waals surface area contributed by atoms with E-state index in [1.54, 1.807) is 37.3 Å². The van der Waals surface area contributed by atoms with Gasteiger partial charge in [0.15, 0.2) is 9.84 Å². The Morgan fingerprint density at radius 1 is 1.24 bits per heavy atom. The number of hydrogen-bond acceptors (Lipinski definition) is 7. The minimum atomic E-state index is -3.24. The highest BCUT2D eigenvalue weighted by Crippen LogP contribution is 2.38. The first-order valence-corrected chi connectivity index (χ1v) is 12.8. The van der Waals surface area contributed by atoms with Crippen molar-refractivity contribution in [2.24, 2.45) is 0 Å². The summed E-state index contributed by atoms with van der Waals surface area (Å²) in [6.07, 6.45) is 2.83. The highest BCUT2D eigenvalue weighted by molar-refractivity contribution is 7.90. The SMILES string of the molecule is CCOC(=O)c1c(NC(=O)C=Cc2ccc(-c3ccccc3F)o2)sc2c1CCS(=O)(=O)C2. The first-order valence-electron chi connectivity index (χ1n) is 10.1. The summed E-state index contributed by atoms with van der Waals surface area (Å²) in [6, 6.07) is 9.39. The molecule has 172 valence electrons. The number of benzene rings is 1. The van der Waals surface area contributed by atoms with E-state index < -0.39 is 27.5 Å². The standard InChI is InChI=1S/C23H20FNO6S2/c1-2-30-23(27)21-16-11-12-33(28,29)13-19(16)32-22(21)25-20(26)10-8-14-7-9-18(31-14)15-5-3-4-6-17(15)24/h3-10H,2,11-13H2,1H3,(H,25,26). The summed E-state index contributed by atoms with van der Waals surface area (Å²) in [7, 11) is -3.24. The van der Waals surface area contributed by atoms with Gasteiger partial charge in [0.1, 0.15) is 22.3 Å².